The number of halogens is 1. The van der Waals surface area contributed by atoms with Crippen molar-refractivity contribution in [3.05, 3.63) is 50.5 Å². The SMILES string of the molecule is N[C@@H]1C(=O)N2C(C(=O)OCc3ccc([N+](=O)[O-])cc3)=C(SCCF)CS[C@@H]12. The van der Waals surface area contributed by atoms with E-state index < -0.39 is 23.6 Å². The van der Waals surface area contributed by atoms with E-state index in [1.807, 2.05) is 0 Å². The molecule has 2 atom stereocenters. The summed E-state index contributed by atoms with van der Waals surface area (Å²) in [6, 6.07) is 4.94. The minimum atomic E-state index is -0.694. The van der Waals surface area contributed by atoms with Crippen LogP contribution >= 0.6 is 23.5 Å². The maximum absolute atomic E-state index is 12.6. The quantitative estimate of drug-likeness (QED) is 0.311. The van der Waals surface area contributed by atoms with Gasteiger partial charge in [0.25, 0.3) is 5.69 Å². The number of esters is 1. The van der Waals surface area contributed by atoms with E-state index in [4.69, 9.17) is 10.5 Å². The molecule has 11 heteroatoms. The molecule has 0 aliphatic carbocycles. The van der Waals surface area contributed by atoms with Gasteiger partial charge in [0, 0.05) is 28.5 Å². The Bertz CT molecular complexity index is 802. The molecule has 1 aromatic rings. The van der Waals surface area contributed by atoms with Crippen LogP contribution in [0.3, 0.4) is 0 Å². The highest BCUT2D eigenvalue weighted by molar-refractivity contribution is 8.06. The number of ether oxygens (including phenoxy) is 1. The first kappa shape index (κ1) is 19.6. The molecule has 2 heterocycles. The third kappa shape index (κ3) is 3.94. The predicted molar refractivity (Wildman–Crippen MR) is 99.4 cm³/mol. The van der Waals surface area contributed by atoms with Crippen molar-refractivity contribution in [1.29, 1.82) is 0 Å². The summed E-state index contributed by atoms with van der Waals surface area (Å²) in [6.45, 7) is -0.659. The summed E-state index contributed by atoms with van der Waals surface area (Å²) in [5, 5.41) is 10.3. The number of non-ortho nitro benzene ring substituents is 1. The highest BCUT2D eigenvalue weighted by Crippen LogP contribution is 2.43. The zero-order chi connectivity index (χ0) is 19.6. The lowest BCUT2D eigenvalue weighted by Crippen LogP contribution is -2.68. The Labute approximate surface area is 162 Å². The molecule has 0 spiro atoms. The number of nitrogens with two attached hydrogens (primary N) is 1. The summed E-state index contributed by atoms with van der Waals surface area (Å²) in [5.74, 6) is -0.434. The highest BCUT2D eigenvalue weighted by atomic mass is 32.2. The maximum atomic E-state index is 12.6. The first-order chi connectivity index (χ1) is 12.9. The van der Waals surface area contributed by atoms with Crippen molar-refractivity contribution in [2.24, 2.45) is 5.73 Å². The Morgan fingerprint density at radius 1 is 1.44 bits per heavy atom. The number of alkyl halides is 1. The van der Waals surface area contributed by atoms with Crippen LogP contribution < -0.4 is 5.73 Å². The lowest BCUT2D eigenvalue weighted by Gasteiger charge is -2.48. The maximum Gasteiger partial charge on any atom is 0.356 e. The van der Waals surface area contributed by atoms with Gasteiger partial charge in [-0.1, -0.05) is 0 Å². The van der Waals surface area contributed by atoms with Crippen LogP contribution in [-0.4, -0.2) is 51.3 Å². The van der Waals surface area contributed by atoms with E-state index in [9.17, 15) is 24.1 Å². The third-order valence-corrected chi connectivity index (χ3v) is 6.57. The van der Waals surface area contributed by atoms with Gasteiger partial charge in [0.05, 0.1) is 11.6 Å². The predicted octanol–water partition coefficient (Wildman–Crippen LogP) is 1.79. The van der Waals surface area contributed by atoms with Gasteiger partial charge >= 0.3 is 5.97 Å². The van der Waals surface area contributed by atoms with Crippen molar-refractivity contribution in [3.8, 4) is 0 Å². The molecule has 2 aliphatic rings. The lowest BCUT2D eigenvalue weighted by atomic mass is 10.1. The van der Waals surface area contributed by atoms with Crippen molar-refractivity contribution < 1.29 is 23.6 Å². The molecule has 0 bridgehead atoms. The normalized spacial score (nSPS) is 21.6. The molecule has 0 aromatic heterocycles. The summed E-state index contributed by atoms with van der Waals surface area (Å²) < 4.78 is 17.8. The van der Waals surface area contributed by atoms with E-state index in [-0.39, 0.29) is 35.0 Å². The molecule has 2 N–H and O–H groups in total. The van der Waals surface area contributed by atoms with E-state index >= 15 is 0 Å². The number of hydrogen-bond acceptors (Lipinski definition) is 8. The molecule has 27 heavy (non-hydrogen) atoms. The van der Waals surface area contributed by atoms with Gasteiger partial charge in [0.2, 0.25) is 5.91 Å². The molecule has 144 valence electrons. The fraction of sp³-hybridized carbons (Fsp3) is 0.375. The van der Waals surface area contributed by atoms with Gasteiger partial charge in [-0.05, 0) is 17.7 Å². The summed E-state index contributed by atoms with van der Waals surface area (Å²) in [4.78, 5) is 36.8. The number of fused-ring (bicyclic) bond motifs is 1. The van der Waals surface area contributed by atoms with E-state index in [2.05, 4.69) is 0 Å². The van der Waals surface area contributed by atoms with Crippen LogP contribution in [0.25, 0.3) is 0 Å². The molecule has 1 amide bonds. The second kappa shape index (κ2) is 8.28. The number of carbonyl (C=O) groups is 2. The van der Waals surface area contributed by atoms with Crippen LogP contribution in [0.1, 0.15) is 5.56 Å². The summed E-state index contributed by atoms with van der Waals surface area (Å²) in [6.07, 6.45) is 0. The first-order valence-electron chi connectivity index (χ1n) is 7.96. The van der Waals surface area contributed by atoms with E-state index in [0.717, 1.165) is 0 Å². The minimum absolute atomic E-state index is 0.0648. The Kier molecular flexibility index (Phi) is 6.02. The fourth-order valence-electron chi connectivity index (χ4n) is 2.68. The monoisotopic (exact) mass is 413 g/mol. The topological polar surface area (TPSA) is 116 Å². The Balaban J connectivity index is 1.74. The molecular weight excluding hydrogens is 397 g/mol. The second-order valence-corrected chi connectivity index (χ2v) is 8.04. The smallest absolute Gasteiger partial charge is 0.356 e. The number of benzene rings is 1. The first-order valence-corrected chi connectivity index (χ1v) is 10.00. The number of amides is 1. The van der Waals surface area contributed by atoms with Gasteiger partial charge in [-0.15, -0.1) is 23.5 Å². The number of nitro benzene ring substituents is 1. The number of rotatable bonds is 7. The lowest BCUT2D eigenvalue weighted by molar-refractivity contribution is -0.384. The summed E-state index contributed by atoms with van der Waals surface area (Å²) in [5.41, 5.74) is 6.40. The third-order valence-electron chi connectivity index (χ3n) is 4.04. The molecule has 1 aromatic carbocycles. The molecule has 1 saturated heterocycles. The number of nitrogens with zero attached hydrogens (tertiary/aromatic N) is 2. The molecule has 0 saturated carbocycles. The van der Waals surface area contributed by atoms with E-state index in [1.54, 1.807) is 0 Å². The largest absolute Gasteiger partial charge is 0.456 e. The number of carbonyl (C=O) groups excluding carboxylic acids is 2. The van der Waals surface area contributed by atoms with Crippen molar-refractivity contribution in [1.82, 2.24) is 4.90 Å². The average molecular weight is 413 g/mol. The van der Waals surface area contributed by atoms with Crippen molar-refractivity contribution in [2.45, 2.75) is 18.0 Å². The van der Waals surface area contributed by atoms with Crippen molar-refractivity contribution >= 4 is 41.1 Å². The van der Waals surface area contributed by atoms with Gasteiger partial charge in [0.15, 0.2) is 0 Å². The van der Waals surface area contributed by atoms with Gasteiger partial charge in [-0.3, -0.25) is 24.2 Å². The van der Waals surface area contributed by atoms with Crippen LogP contribution in [0, 0.1) is 10.1 Å². The Morgan fingerprint density at radius 3 is 2.78 bits per heavy atom. The van der Waals surface area contributed by atoms with Crippen molar-refractivity contribution in [3.63, 3.8) is 0 Å². The zero-order valence-corrected chi connectivity index (χ0v) is 15.6. The Morgan fingerprint density at radius 2 is 2.15 bits per heavy atom. The minimum Gasteiger partial charge on any atom is -0.456 e. The molecule has 1 fully saturated rings. The highest BCUT2D eigenvalue weighted by Gasteiger charge is 2.52. The fourth-order valence-corrected chi connectivity index (χ4v) is 5.00. The van der Waals surface area contributed by atoms with Gasteiger partial charge in [-0.2, -0.15) is 0 Å². The molecule has 0 radical (unpaired) electrons. The molecule has 8 nitrogen and oxygen atoms in total. The van der Waals surface area contributed by atoms with Gasteiger partial charge in [0.1, 0.15) is 23.7 Å². The molecule has 3 rings (SSSR count). The van der Waals surface area contributed by atoms with Crippen LogP contribution in [0.4, 0.5) is 10.1 Å². The zero-order valence-electron chi connectivity index (χ0n) is 14.0. The van der Waals surface area contributed by atoms with E-state index in [0.29, 0.717) is 16.2 Å². The molecular formula is C16H16FN3O5S2. The van der Waals surface area contributed by atoms with Crippen LogP contribution in [0.5, 0.6) is 0 Å². The van der Waals surface area contributed by atoms with E-state index in [1.165, 1.54) is 52.7 Å². The Hall–Kier alpha value is -2.11. The van der Waals surface area contributed by atoms with Crippen molar-refractivity contribution in [2.75, 3.05) is 18.2 Å². The second-order valence-electron chi connectivity index (χ2n) is 5.74. The number of hydrogen-bond donors (Lipinski definition) is 1. The van der Waals surface area contributed by atoms with Gasteiger partial charge in [-0.25, -0.2) is 4.79 Å². The molecule has 2 aliphatic heterocycles. The number of β-lactam (4-membered cyclic amide) rings is 1. The van der Waals surface area contributed by atoms with Crippen LogP contribution in [0.2, 0.25) is 0 Å². The number of thioether (sulfide) groups is 2. The average Bonchev–Trinajstić information content (AvgIpc) is 2.69. The standard InChI is InChI=1S/C16H16FN3O5S2/c17-5-6-26-11-8-27-15-12(18)14(21)19(15)13(11)16(22)25-7-9-1-3-10(4-2-9)20(23)24/h1-4,12,15H,5-8,18H2/t12-,15+/m1/s1. The van der Waals surface area contributed by atoms with Crippen LogP contribution in [-0.2, 0) is 20.9 Å². The molecule has 0 unspecified atom stereocenters. The summed E-state index contributed by atoms with van der Waals surface area (Å²) >= 11 is 2.61. The summed E-state index contributed by atoms with van der Waals surface area (Å²) in [7, 11) is 0. The van der Waals surface area contributed by atoms with Gasteiger partial charge < -0.3 is 10.5 Å². The number of nitro groups is 1. The van der Waals surface area contributed by atoms with Crippen LogP contribution in [0.15, 0.2) is 34.9 Å².